The fraction of sp³-hybridized carbons (Fsp3) is 0.320. The first-order valence-corrected chi connectivity index (χ1v) is 12.6. The van der Waals surface area contributed by atoms with Crippen molar-refractivity contribution >= 4 is 54.7 Å². The molecule has 1 aromatic carbocycles. The maximum atomic E-state index is 14.7. The lowest BCUT2D eigenvalue weighted by molar-refractivity contribution is 0.114. The summed E-state index contributed by atoms with van der Waals surface area (Å²) < 4.78 is 20.7. The van der Waals surface area contributed by atoms with E-state index in [0.717, 1.165) is 34.0 Å². The number of pyridine rings is 2. The number of β-amino-alcohol motifs (C(OH)–C–C–N with tert-alkyl or cyclic N) is 1. The predicted octanol–water partition coefficient (Wildman–Crippen LogP) is 3.90. The maximum Gasteiger partial charge on any atom is 0.159 e. The van der Waals surface area contributed by atoms with Gasteiger partial charge >= 0.3 is 0 Å². The van der Waals surface area contributed by atoms with Gasteiger partial charge in [0.1, 0.15) is 16.9 Å². The number of nitrogens with zero attached hydrogens (tertiary/aromatic N) is 5. The van der Waals surface area contributed by atoms with Crippen LogP contribution in [0.2, 0.25) is 5.02 Å². The second kappa shape index (κ2) is 8.50. The Morgan fingerprint density at radius 1 is 1.31 bits per heavy atom. The number of likely N-dealkylation sites (N-methyl/N-ethyl adjacent to an activating group) is 1. The fourth-order valence-electron chi connectivity index (χ4n) is 5.28. The highest BCUT2D eigenvalue weighted by Crippen LogP contribution is 2.47. The van der Waals surface area contributed by atoms with Gasteiger partial charge in [0.15, 0.2) is 5.82 Å². The van der Waals surface area contributed by atoms with Gasteiger partial charge in [0.05, 0.1) is 58.1 Å². The van der Waals surface area contributed by atoms with Crippen LogP contribution in [0.25, 0.3) is 32.2 Å². The molecular weight excluding hydrogens is 503 g/mol. The second-order valence-corrected chi connectivity index (χ2v) is 10.7. The van der Waals surface area contributed by atoms with Crippen molar-refractivity contribution in [1.82, 2.24) is 14.9 Å². The standard InChI is InChI=1S/C25H22ClFN6O2S/c1-32(2)16-7-33(8-17(16)34)18-4-3-11-13-9-35-10-14(13)19(21(26)22(11)31-18)23-20-12(5-28)25(29)36-24(20)15(27)6-30-23/h3-4,6,16-17,34H,7-10,29H2,1-2H3/t16-,17-/m0/s1. The molecule has 1 fully saturated rings. The summed E-state index contributed by atoms with van der Waals surface area (Å²) in [5.41, 5.74) is 9.56. The van der Waals surface area contributed by atoms with E-state index in [-0.39, 0.29) is 21.3 Å². The number of aliphatic hydroxyl groups excluding tert-OH is 1. The molecule has 6 rings (SSSR count). The number of nitrogen functional groups attached to an aromatic ring is 1. The molecule has 0 bridgehead atoms. The third-order valence-electron chi connectivity index (χ3n) is 7.08. The number of fused-ring (bicyclic) bond motifs is 4. The van der Waals surface area contributed by atoms with Crippen LogP contribution in [0, 0.1) is 17.1 Å². The lowest BCUT2D eigenvalue weighted by atomic mass is 9.94. The van der Waals surface area contributed by atoms with Crippen molar-refractivity contribution in [3.63, 3.8) is 0 Å². The summed E-state index contributed by atoms with van der Waals surface area (Å²) in [6, 6.07) is 6.00. The quantitative estimate of drug-likeness (QED) is 0.415. The Labute approximate surface area is 215 Å². The van der Waals surface area contributed by atoms with Crippen LogP contribution in [-0.4, -0.2) is 59.3 Å². The largest absolute Gasteiger partial charge is 0.390 e. The predicted molar refractivity (Wildman–Crippen MR) is 139 cm³/mol. The number of aromatic nitrogens is 2. The molecule has 0 aliphatic carbocycles. The first-order valence-electron chi connectivity index (χ1n) is 11.4. The molecule has 2 atom stereocenters. The van der Waals surface area contributed by atoms with Crippen molar-refractivity contribution in [1.29, 1.82) is 5.26 Å². The van der Waals surface area contributed by atoms with Gasteiger partial charge in [0.25, 0.3) is 0 Å². The first kappa shape index (κ1) is 23.3. The number of ether oxygens (including phenoxy) is 1. The molecule has 3 N–H and O–H groups in total. The zero-order valence-electron chi connectivity index (χ0n) is 19.5. The summed E-state index contributed by atoms with van der Waals surface area (Å²) in [5.74, 6) is 0.160. The van der Waals surface area contributed by atoms with Gasteiger partial charge in [0, 0.05) is 29.4 Å². The summed E-state index contributed by atoms with van der Waals surface area (Å²) >= 11 is 8.07. The normalized spacial score (nSPS) is 19.5. The third kappa shape index (κ3) is 3.35. The third-order valence-corrected chi connectivity index (χ3v) is 8.48. The number of hydrogen-bond donors (Lipinski definition) is 2. The summed E-state index contributed by atoms with van der Waals surface area (Å²) in [4.78, 5) is 13.3. The van der Waals surface area contributed by atoms with Crippen LogP contribution in [0.4, 0.5) is 15.2 Å². The van der Waals surface area contributed by atoms with Gasteiger partial charge in [0.2, 0.25) is 0 Å². The van der Waals surface area contributed by atoms with Gasteiger partial charge in [-0.15, -0.1) is 11.3 Å². The molecule has 8 nitrogen and oxygen atoms in total. The smallest absolute Gasteiger partial charge is 0.159 e. The summed E-state index contributed by atoms with van der Waals surface area (Å²) in [5, 5.41) is 22.1. The van der Waals surface area contributed by atoms with E-state index in [4.69, 9.17) is 27.1 Å². The van der Waals surface area contributed by atoms with Crippen LogP contribution in [0.15, 0.2) is 18.3 Å². The fourth-order valence-corrected chi connectivity index (χ4v) is 6.55. The molecule has 0 amide bonds. The number of thiophene rings is 1. The lowest BCUT2D eigenvalue weighted by Gasteiger charge is -2.22. The van der Waals surface area contributed by atoms with E-state index in [9.17, 15) is 14.8 Å². The summed E-state index contributed by atoms with van der Waals surface area (Å²) in [6.07, 6.45) is 0.635. The van der Waals surface area contributed by atoms with Gasteiger partial charge < -0.3 is 25.4 Å². The van der Waals surface area contributed by atoms with E-state index in [2.05, 4.69) is 11.1 Å². The molecule has 0 spiro atoms. The molecule has 36 heavy (non-hydrogen) atoms. The number of rotatable bonds is 3. The average Bonchev–Trinajstić information content (AvgIpc) is 3.57. The van der Waals surface area contributed by atoms with Crippen LogP contribution < -0.4 is 10.6 Å². The Balaban J connectivity index is 1.59. The minimum atomic E-state index is -0.541. The van der Waals surface area contributed by atoms with E-state index < -0.39 is 11.9 Å². The van der Waals surface area contributed by atoms with Gasteiger partial charge in [-0.05, 0) is 37.4 Å². The number of anilines is 2. The first-order chi connectivity index (χ1) is 17.3. The van der Waals surface area contributed by atoms with E-state index in [1.165, 1.54) is 0 Å². The van der Waals surface area contributed by atoms with Crippen LogP contribution in [0.3, 0.4) is 0 Å². The number of benzene rings is 1. The van der Waals surface area contributed by atoms with Crippen LogP contribution in [-0.2, 0) is 18.0 Å². The van der Waals surface area contributed by atoms with Gasteiger partial charge in [-0.1, -0.05) is 11.6 Å². The number of halogens is 2. The van der Waals surface area contributed by atoms with Gasteiger partial charge in [-0.3, -0.25) is 4.98 Å². The Morgan fingerprint density at radius 2 is 2.08 bits per heavy atom. The average molecular weight is 525 g/mol. The van der Waals surface area contributed by atoms with Crippen molar-refractivity contribution in [2.75, 3.05) is 37.8 Å². The van der Waals surface area contributed by atoms with E-state index >= 15 is 0 Å². The molecule has 0 radical (unpaired) electrons. The highest BCUT2D eigenvalue weighted by molar-refractivity contribution is 7.23. The Hall–Kier alpha value is -3.07. The monoisotopic (exact) mass is 524 g/mol. The number of aliphatic hydroxyl groups is 1. The molecule has 0 saturated carbocycles. The molecule has 2 aliphatic heterocycles. The van der Waals surface area contributed by atoms with Crippen LogP contribution in [0.1, 0.15) is 16.7 Å². The Bertz CT molecular complexity index is 1600. The van der Waals surface area contributed by atoms with Gasteiger partial charge in [-0.25, -0.2) is 9.37 Å². The zero-order valence-corrected chi connectivity index (χ0v) is 21.1. The van der Waals surface area contributed by atoms with E-state index in [0.29, 0.717) is 59.3 Å². The minimum absolute atomic E-state index is 0.00731. The Morgan fingerprint density at radius 3 is 2.81 bits per heavy atom. The number of hydrogen-bond acceptors (Lipinski definition) is 9. The minimum Gasteiger partial charge on any atom is -0.390 e. The molecule has 3 aromatic heterocycles. The zero-order chi connectivity index (χ0) is 25.3. The highest BCUT2D eigenvalue weighted by atomic mass is 35.5. The SMILES string of the molecule is CN(C)[C@H]1CN(c2ccc3c4c(c(-c5ncc(F)c6sc(N)c(C#N)c56)c(Cl)c3n2)COC4)C[C@@H]1O. The number of nitriles is 1. The molecule has 184 valence electrons. The molecular formula is C25H22ClFN6O2S. The summed E-state index contributed by atoms with van der Waals surface area (Å²) in [6.45, 7) is 1.78. The van der Waals surface area contributed by atoms with Crippen LogP contribution >= 0.6 is 22.9 Å². The highest BCUT2D eigenvalue weighted by Gasteiger charge is 2.34. The molecule has 2 aliphatic rings. The molecule has 0 unspecified atom stereocenters. The molecule has 1 saturated heterocycles. The van der Waals surface area contributed by atoms with Crippen molar-refractivity contribution in [3.8, 4) is 17.3 Å². The Kier molecular flexibility index (Phi) is 5.51. The summed E-state index contributed by atoms with van der Waals surface area (Å²) in [7, 11) is 3.89. The topological polar surface area (TPSA) is 112 Å². The van der Waals surface area contributed by atoms with Gasteiger partial charge in [-0.2, -0.15) is 5.26 Å². The van der Waals surface area contributed by atoms with Crippen molar-refractivity contribution in [3.05, 3.63) is 45.9 Å². The maximum absolute atomic E-state index is 14.7. The van der Waals surface area contributed by atoms with Crippen LogP contribution in [0.5, 0.6) is 0 Å². The second-order valence-electron chi connectivity index (χ2n) is 9.32. The molecule has 4 aromatic rings. The lowest BCUT2D eigenvalue weighted by Crippen LogP contribution is -2.38. The van der Waals surface area contributed by atoms with Crippen molar-refractivity contribution < 1.29 is 14.2 Å². The number of nitrogens with two attached hydrogens (primary N) is 1. The van der Waals surface area contributed by atoms with Crippen molar-refractivity contribution in [2.24, 2.45) is 0 Å². The van der Waals surface area contributed by atoms with Crippen molar-refractivity contribution in [2.45, 2.75) is 25.4 Å². The van der Waals surface area contributed by atoms with E-state index in [1.54, 1.807) is 0 Å². The van der Waals surface area contributed by atoms with E-state index in [1.807, 2.05) is 36.0 Å². The molecule has 5 heterocycles. The molecule has 11 heteroatoms.